The minimum Gasteiger partial charge on any atom is -0.489 e. The van der Waals surface area contributed by atoms with Crippen molar-refractivity contribution in [1.82, 2.24) is 0 Å². The highest BCUT2D eigenvalue weighted by molar-refractivity contribution is 5.49. The molecule has 0 radical (unpaired) electrons. The van der Waals surface area contributed by atoms with Crippen molar-refractivity contribution >= 4 is 5.69 Å². The molecular weight excluding hydrogens is 274 g/mol. The molecule has 3 rings (SSSR count). The van der Waals surface area contributed by atoms with E-state index in [1.165, 1.54) is 11.3 Å². The average Bonchev–Trinajstić information content (AvgIpc) is 2.61. The van der Waals surface area contributed by atoms with Gasteiger partial charge in [0.2, 0.25) is 0 Å². The lowest BCUT2D eigenvalue weighted by Crippen LogP contribution is -2.36. The van der Waals surface area contributed by atoms with Crippen LogP contribution in [0.4, 0.5) is 5.69 Å². The third-order valence-electron chi connectivity index (χ3n) is 4.23. The quantitative estimate of drug-likeness (QED) is 0.917. The Bertz CT molecular complexity index is 568. The van der Waals surface area contributed by atoms with Gasteiger partial charge in [0, 0.05) is 25.4 Å². The summed E-state index contributed by atoms with van der Waals surface area (Å²) in [7, 11) is 0. The lowest BCUT2D eigenvalue weighted by atomic mass is 9.98. The van der Waals surface area contributed by atoms with E-state index in [1.807, 2.05) is 30.3 Å². The van der Waals surface area contributed by atoms with Crippen LogP contribution in [0.15, 0.2) is 54.6 Å². The fraction of sp³-hybridized carbons (Fsp3) is 0.368. The van der Waals surface area contributed by atoms with Crippen molar-refractivity contribution in [2.45, 2.75) is 19.4 Å². The summed E-state index contributed by atoms with van der Waals surface area (Å²) >= 11 is 0. The highest BCUT2D eigenvalue weighted by Crippen LogP contribution is 2.25. The van der Waals surface area contributed by atoms with Gasteiger partial charge in [0.25, 0.3) is 0 Å². The molecular formula is C19H23NO2. The molecule has 0 spiro atoms. The third kappa shape index (κ3) is 3.80. The zero-order chi connectivity index (χ0) is 15.2. The molecule has 1 N–H and O–H groups in total. The largest absolute Gasteiger partial charge is 0.489 e. The summed E-state index contributed by atoms with van der Waals surface area (Å²) in [4.78, 5) is 2.35. The van der Waals surface area contributed by atoms with Crippen LogP contribution in [0.1, 0.15) is 18.4 Å². The number of benzene rings is 2. The Labute approximate surface area is 132 Å². The first kappa shape index (κ1) is 14.9. The Morgan fingerprint density at radius 1 is 1.05 bits per heavy atom. The third-order valence-corrected chi connectivity index (χ3v) is 4.23. The Hall–Kier alpha value is -2.00. The van der Waals surface area contributed by atoms with E-state index in [0.29, 0.717) is 12.5 Å². The lowest BCUT2D eigenvalue weighted by molar-refractivity contribution is 0.208. The average molecular weight is 297 g/mol. The van der Waals surface area contributed by atoms with E-state index < -0.39 is 0 Å². The molecule has 2 aromatic rings. The van der Waals surface area contributed by atoms with Crippen molar-refractivity contribution in [3.63, 3.8) is 0 Å². The van der Waals surface area contributed by atoms with Crippen LogP contribution in [0.2, 0.25) is 0 Å². The number of nitrogens with zero attached hydrogens (tertiary/aromatic N) is 1. The van der Waals surface area contributed by atoms with Gasteiger partial charge in [-0.1, -0.05) is 30.3 Å². The Morgan fingerprint density at radius 2 is 1.82 bits per heavy atom. The molecule has 1 saturated heterocycles. The van der Waals surface area contributed by atoms with Gasteiger partial charge in [0.1, 0.15) is 12.4 Å². The molecule has 22 heavy (non-hydrogen) atoms. The van der Waals surface area contributed by atoms with Crippen LogP contribution in [0.5, 0.6) is 5.75 Å². The monoisotopic (exact) mass is 297 g/mol. The second kappa shape index (κ2) is 7.32. The minimum absolute atomic E-state index is 0.286. The van der Waals surface area contributed by atoms with Gasteiger partial charge in [0.15, 0.2) is 0 Å². The molecule has 1 unspecified atom stereocenters. The normalized spacial score (nSPS) is 18.2. The summed E-state index contributed by atoms with van der Waals surface area (Å²) in [5.74, 6) is 1.30. The number of aliphatic hydroxyl groups is 1. The Morgan fingerprint density at radius 3 is 2.55 bits per heavy atom. The van der Waals surface area contributed by atoms with Gasteiger partial charge in [-0.15, -0.1) is 0 Å². The zero-order valence-corrected chi connectivity index (χ0v) is 12.8. The fourth-order valence-corrected chi connectivity index (χ4v) is 2.94. The summed E-state index contributed by atoms with van der Waals surface area (Å²) in [6.07, 6.45) is 2.28. The van der Waals surface area contributed by atoms with Gasteiger partial charge in [-0.25, -0.2) is 0 Å². The van der Waals surface area contributed by atoms with Gasteiger partial charge in [-0.05, 0) is 48.6 Å². The number of anilines is 1. The second-order valence-electron chi connectivity index (χ2n) is 5.91. The number of aliphatic hydroxyl groups excluding tert-OH is 1. The van der Waals surface area contributed by atoms with E-state index >= 15 is 0 Å². The molecule has 0 bridgehead atoms. The summed E-state index contributed by atoms with van der Waals surface area (Å²) in [5.41, 5.74) is 2.39. The molecule has 1 aliphatic heterocycles. The van der Waals surface area contributed by atoms with Gasteiger partial charge >= 0.3 is 0 Å². The van der Waals surface area contributed by atoms with Crippen LogP contribution in [0.3, 0.4) is 0 Å². The van der Waals surface area contributed by atoms with Gasteiger partial charge in [-0.2, -0.15) is 0 Å². The molecule has 116 valence electrons. The lowest BCUT2D eigenvalue weighted by Gasteiger charge is -2.33. The molecule has 0 saturated carbocycles. The van der Waals surface area contributed by atoms with E-state index in [9.17, 15) is 5.11 Å². The Kier molecular flexibility index (Phi) is 4.96. The number of hydrogen-bond donors (Lipinski definition) is 1. The van der Waals surface area contributed by atoms with Crippen LogP contribution in [-0.4, -0.2) is 24.8 Å². The fourth-order valence-electron chi connectivity index (χ4n) is 2.94. The number of hydrogen-bond acceptors (Lipinski definition) is 3. The van der Waals surface area contributed by atoms with Crippen LogP contribution in [-0.2, 0) is 6.61 Å². The van der Waals surface area contributed by atoms with Crippen molar-refractivity contribution in [2.75, 3.05) is 24.6 Å². The topological polar surface area (TPSA) is 32.7 Å². The molecule has 0 amide bonds. The van der Waals surface area contributed by atoms with Crippen LogP contribution < -0.4 is 9.64 Å². The van der Waals surface area contributed by atoms with Crippen molar-refractivity contribution in [1.29, 1.82) is 0 Å². The maximum Gasteiger partial charge on any atom is 0.119 e. The summed E-state index contributed by atoms with van der Waals surface area (Å²) in [6.45, 7) is 2.90. The highest BCUT2D eigenvalue weighted by atomic mass is 16.5. The molecule has 1 aliphatic rings. The van der Waals surface area contributed by atoms with E-state index in [-0.39, 0.29) is 6.61 Å². The van der Waals surface area contributed by atoms with Crippen LogP contribution >= 0.6 is 0 Å². The van der Waals surface area contributed by atoms with Crippen molar-refractivity contribution in [3.05, 3.63) is 60.2 Å². The van der Waals surface area contributed by atoms with Crippen molar-refractivity contribution in [3.8, 4) is 5.75 Å². The molecule has 3 nitrogen and oxygen atoms in total. The zero-order valence-electron chi connectivity index (χ0n) is 12.8. The summed E-state index contributed by atoms with van der Waals surface area (Å²) in [5, 5.41) is 9.33. The van der Waals surface area contributed by atoms with Crippen LogP contribution in [0.25, 0.3) is 0 Å². The first-order valence-corrected chi connectivity index (χ1v) is 7.98. The van der Waals surface area contributed by atoms with Gasteiger partial charge in [-0.3, -0.25) is 0 Å². The molecule has 0 aliphatic carbocycles. The SMILES string of the molecule is OCC1CCCN(c2ccc(OCc3ccccc3)cc2)C1. The number of rotatable bonds is 5. The maximum atomic E-state index is 9.33. The van der Waals surface area contributed by atoms with Crippen molar-refractivity contribution in [2.24, 2.45) is 5.92 Å². The van der Waals surface area contributed by atoms with E-state index in [4.69, 9.17) is 4.74 Å². The molecule has 1 heterocycles. The molecule has 1 atom stereocenters. The molecule has 0 aromatic heterocycles. The first-order valence-electron chi connectivity index (χ1n) is 7.98. The van der Waals surface area contributed by atoms with Gasteiger partial charge < -0.3 is 14.7 Å². The van der Waals surface area contributed by atoms with E-state index in [0.717, 1.165) is 31.7 Å². The molecule has 3 heteroatoms. The van der Waals surface area contributed by atoms with E-state index in [2.05, 4.69) is 29.2 Å². The number of ether oxygens (including phenoxy) is 1. The van der Waals surface area contributed by atoms with E-state index in [1.54, 1.807) is 0 Å². The predicted octanol–water partition coefficient (Wildman–Crippen LogP) is 3.47. The predicted molar refractivity (Wildman–Crippen MR) is 89.2 cm³/mol. The standard InChI is InChI=1S/C19H23NO2/c21-14-17-7-4-12-20(13-17)18-8-10-19(11-9-18)22-15-16-5-2-1-3-6-16/h1-3,5-6,8-11,17,21H,4,7,12-15H2. The minimum atomic E-state index is 0.286. The summed E-state index contributed by atoms with van der Waals surface area (Å²) in [6, 6.07) is 18.5. The van der Waals surface area contributed by atoms with Crippen molar-refractivity contribution < 1.29 is 9.84 Å². The molecule has 1 fully saturated rings. The Balaban J connectivity index is 1.58. The smallest absolute Gasteiger partial charge is 0.119 e. The second-order valence-corrected chi connectivity index (χ2v) is 5.91. The highest BCUT2D eigenvalue weighted by Gasteiger charge is 2.19. The summed E-state index contributed by atoms with van der Waals surface area (Å²) < 4.78 is 5.82. The maximum absolute atomic E-state index is 9.33. The number of piperidine rings is 1. The first-order chi connectivity index (χ1) is 10.8. The van der Waals surface area contributed by atoms with Crippen LogP contribution in [0, 0.1) is 5.92 Å². The molecule has 2 aromatic carbocycles. The van der Waals surface area contributed by atoms with Gasteiger partial charge in [0.05, 0.1) is 0 Å².